The predicted octanol–water partition coefficient (Wildman–Crippen LogP) is 0.545. The Balaban J connectivity index is 2.23. The molecule has 0 aromatic heterocycles. The van der Waals surface area contributed by atoms with Gasteiger partial charge in [-0.1, -0.05) is 0 Å². The van der Waals surface area contributed by atoms with Crippen LogP contribution in [0.5, 0.6) is 0 Å². The first kappa shape index (κ1) is 10.1. The highest BCUT2D eigenvalue weighted by Gasteiger charge is 2.27. The highest BCUT2D eigenvalue weighted by molar-refractivity contribution is 8.23. The van der Waals surface area contributed by atoms with Gasteiger partial charge in [-0.2, -0.15) is 5.10 Å². The summed E-state index contributed by atoms with van der Waals surface area (Å²) in [7, 11) is 0. The molecule has 0 aromatic rings. The number of nitrogens with zero attached hydrogens (tertiary/aromatic N) is 1. The normalized spacial score (nSPS) is 27.7. The summed E-state index contributed by atoms with van der Waals surface area (Å²) in [5.74, 6) is 1.19. The van der Waals surface area contributed by atoms with Gasteiger partial charge in [0, 0.05) is 11.5 Å². The molecular weight excluding hydrogens is 220 g/mol. The van der Waals surface area contributed by atoms with Gasteiger partial charge < -0.3 is 5.11 Å². The minimum atomic E-state index is -0.268. The standard InChI is InChI=1S/C8H10N2O2S2/c1-4-6(7(12)10-9-4)8-13-2-5(11)3-14-8/h5,11H,2-3H2,1H3,(H,10,12). The van der Waals surface area contributed by atoms with Crippen molar-refractivity contribution in [3.05, 3.63) is 9.81 Å². The summed E-state index contributed by atoms with van der Waals surface area (Å²) in [6.07, 6.45) is -0.268. The van der Waals surface area contributed by atoms with Crippen LogP contribution in [0.2, 0.25) is 0 Å². The smallest absolute Gasteiger partial charge is 0.274 e. The van der Waals surface area contributed by atoms with Crippen molar-refractivity contribution in [1.82, 2.24) is 5.43 Å². The van der Waals surface area contributed by atoms with Crippen LogP contribution in [0, 0.1) is 0 Å². The molecule has 4 nitrogen and oxygen atoms in total. The molecule has 14 heavy (non-hydrogen) atoms. The number of aliphatic hydroxyl groups excluding tert-OH is 1. The summed E-state index contributed by atoms with van der Waals surface area (Å²) in [4.78, 5) is 11.4. The van der Waals surface area contributed by atoms with Gasteiger partial charge in [-0.05, 0) is 6.92 Å². The third-order valence-corrected chi connectivity index (χ3v) is 4.67. The number of amides is 1. The van der Waals surface area contributed by atoms with Crippen LogP contribution in [0.4, 0.5) is 0 Å². The molecule has 0 spiro atoms. The Labute approximate surface area is 90.2 Å². The van der Waals surface area contributed by atoms with E-state index in [-0.39, 0.29) is 12.0 Å². The fraction of sp³-hybridized carbons (Fsp3) is 0.500. The lowest BCUT2D eigenvalue weighted by atomic mass is 10.2. The average Bonchev–Trinajstić information content (AvgIpc) is 2.49. The third kappa shape index (κ3) is 1.82. The van der Waals surface area contributed by atoms with Crippen LogP contribution in [-0.2, 0) is 4.79 Å². The van der Waals surface area contributed by atoms with E-state index in [1.165, 1.54) is 23.5 Å². The zero-order chi connectivity index (χ0) is 10.1. The Hall–Kier alpha value is -0.460. The first-order valence-electron chi connectivity index (χ1n) is 4.21. The molecule has 2 heterocycles. The van der Waals surface area contributed by atoms with Crippen LogP contribution in [0.15, 0.2) is 14.9 Å². The summed E-state index contributed by atoms with van der Waals surface area (Å²) in [6.45, 7) is 1.81. The highest BCUT2D eigenvalue weighted by Crippen LogP contribution is 2.38. The Morgan fingerprint density at radius 1 is 1.50 bits per heavy atom. The van der Waals surface area contributed by atoms with Gasteiger partial charge in [-0.15, -0.1) is 23.5 Å². The van der Waals surface area contributed by atoms with E-state index in [9.17, 15) is 9.90 Å². The number of nitrogens with one attached hydrogen (secondary N) is 1. The summed E-state index contributed by atoms with van der Waals surface area (Å²) in [5, 5.41) is 13.2. The number of carbonyl (C=O) groups is 1. The SMILES string of the molecule is CC1=NNC(=O)C1=C1SCC(O)CS1. The predicted molar refractivity (Wildman–Crippen MR) is 59.2 cm³/mol. The quantitative estimate of drug-likeness (QED) is 0.596. The van der Waals surface area contributed by atoms with Gasteiger partial charge in [0.1, 0.15) is 0 Å². The number of thioether (sulfide) groups is 2. The average molecular weight is 230 g/mol. The van der Waals surface area contributed by atoms with E-state index < -0.39 is 0 Å². The molecule has 6 heteroatoms. The van der Waals surface area contributed by atoms with Gasteiger partial charge in [0.15, 0.2) is 0 Å². The zero-order valence-corrected chi connectivity index (χ0v) is 9.24. The van der Waals surface area contributed by atoms with Crippen molar-refractivity contribution >= 4 is 35.1 Å². The van der Waals surface area contributed by atoms with Crippen LogP contribution in [0.1, 0.15) is 6.92 Å². The van der Waals surface area contributed by atoms with Crippen LogP contribution in [0.3, 0.4) is 0 Å². The van der Waals surface area contributed by atoms with E-state index >= 15 is 0 Å². The first-order chi connectivity index (χ1) is 6.68. The summed E-state index contributed by atoms with van der Waals surface area (Å²) in [5.41, 5.74) is 3.84. The number of hydrogen-bond donors (Lipinski definition) is 2. The minimum Gasteiger partial charge on any atom is -0.391 e. The van der Waals surface area contributed by atoms with Crippen molar-refractivity contribution in [2.45, 2.75) is 13.0 Å². The number of aliphatic hydroxyl groups is 1. The third-order valence-electron chi connectivity index (χ3n) is 1.93. The van der Waals surface area contributed by atoms with Crippen LogP contribution in [-0.4, -0.2) is 34.3 Å². The molecule has 0 aromatic carbocycles. The van der Waals surface area contributed by atoms with Crippen molar-refractivity contribution in [1.29, 1.82) is 0 Å². The van der Waals surface area contributed by atoms with Gasteiger partial charge in [-0.25, -0.2) is 5.43 Å². The second-order valence-electron chi connectivity index (χ2n) is 3.08. The summed E-state index contributed by atoms with van der Waals surface area (Å²) >= 11 is 3.05. The van der Waals surface area contributed by atoms with Crippen molar-refractivity contribution in [3.63, 3.8) is 0 Å². The fourth-order valence-electron chi connectivity index (χ4n) is 1.23. The van der Waals surface area contributed by atoms with Gasteiger partial charge in [0.25, 0.3) is 5.91 Å². The number of hydrazone groups is 1. The molecule has 1 saturated heterocycles. The largest absolute Gasteiger partial charge is 0.391 e. The molecule has 0 atom stereocenters. The lowest BCUT2D eigenvalue weighted by Crippen LogP contribution is -2.20. The minimum absolute atomic E-state index is 0.131. The fourth-order valence-corrected chi connectivity index (χ4v) is 3.81. The Bertz CT molecular complexity index is 328. The van der Waals surface area contributed by atoms with Crippen LogP contribution >= 0.6 is 23.5 Å². The van der Waals surface area contributed by atoms with E-state index in [0.29, 0.717) is 17.1 Å². The first-order valence-corrected chi connectivity index (χ1v) is 6.18. The zero-order valence-electron chi connectivity index (χ0n) is 7.61. The molecule has 0 aliphatic carbocycles. The molecule has 2 N–H and O–H groups in total. The molecule has 1 amide bonds. The van der Waals surface area contributed by atoms with Crippen molar-refractivity contribution in [2.75, 3.05) is 11.5 Å². The van der Waals surface area contributed by atoms with Gasteiger partial charge in [0.2, 0.25) is 0 Å². The van der Waals surface area contributed by atoms with Gasteiger partial charge in [0.05, 0.1) is 21.6 Å². The molecule has 0 unspecified atom stereocenters. The Morgan fingerprint density at radius 2 is 2.14 bits per heavy atom. The number of carbonyl (C=O) groups excluding carboxylic acids is 1. The maximum absolute atomic E-state index is 11.4. The molecule has 1 fully saturated rings. The molecule has 76 valence electrons. The van der Waals surface area contributed by atoms with Crippen LogP contribution in [0.25, 0.3) is 0 Å². The Morgan fingerprint density at radius 3 is 2.64 bits per heavy atom. The van der Waals surface area contributed by atoms with E-state index in [1.54, 1.807) is 0 Å². The lowest BCUT2D eigenvalue weighted by Gasteiger charge is -2.19. The highest BCUT2D eigenvalue weighted by atomic mass is 32.2. The Kier molecular flexibility index (Phi) is 2.85. The maximum Gasteiger partial charge on any atom is 0.274 e. The molecule has 0 bridgehead atoms. The van der Waals surface area contributed by atoms with Crippen molar-refractivity contribution in [3.8, 4) is 0 Å². The maximum atomic E-state index is 11.4. The molecule has 2 aliphatic heterocycles. The van der Waals surface area contributed by atoms with Crippen molar-refractivity contribution < 1.29 is 9.90 Å². The second kappa shape index (κ2) is 3.96. The molecular formula is C8H10N2O2S2. The lowest BCUT2D eigenvalue weighted by molar-refractivity contribution is -0.116. The summed E-state index contributed by atoms with van der Waals surface area (Å²) < 4.78 is 0.978. The van der Waals surface area contributed by atoms with Crippen molar-refractivity contribution in [2.24, 2.45) is 5.10 Å². The van der Waals surface area contributed by atoms with Gasteiger partial charge >= 0.3 is 0 Å². The van der Waals surface area contributed by atoms with Crippen LogP contribution < -0.4 is 5.43 Å². The number of hydrogen-bond acceptors (Lipinski definition) is 5. The monoisotopic (exact) mass is 230 g/mol. The summed E-state index contributed by atoms with van der Waals surface area (Å²) in [6, 6.07) is 0. The second-order valence-corrected chi connectivity index (χ2v) is 5.40. The molecule has 2 rings (SSSR count). The van der Waals surface area contributed by atoms with E-state index in [1.807, 2.05) is 6.92 Å². The number of rotatable bonds is 0. The van der Waals surface area contributed by atoms with E-state index in [2.05, 4.69) is 10.5 Å². The molecule has 0 saturated carbocycles. The molecule has 0 radical (unpaired) electrons. The van der Waals surface area contributed by atoms with E-state index in [0.717, 1.165) is 9.95 Å². The molecule has 2 aliphatic rings. The van der Waals surface area contributed by atoms with Gasteiger partial charge in [-0.3, -0.25) is 4.79 Å². The van der Waals surface area contributed by atoms with E-state index in [4.69, 9.17) is 0 Å². The topological polar surface area (TPSA) is 61.7 Å².